The predicted molar refractivity (Wildman–Crippen MR) is 67.1 cm³/mol. The number of hydrogen-bond donors (Lipinski definition) is 1. The molecule has 0 aromatic carbocycles. The van der Waals surface area contributed by atoms with Gasteiger partial charge in [0.15, 0.2) is 11.5 Å². The van der Waals surface area contributed by atoms with E-state index in [-0.39, 0.29) is 11.4 Å². The van der Waals surface area contributed by atoms with Crippen LogP contribution < -0.4 is 5.73 Å². The molecule has 0 saturated carbocycles. The number of nitrogens with zero attached hydrogens (tertiary/aromatic N) is 3. The number of nitrogen functional groups attached to an aromatic ring is 1. The van der Waals surface area contributed by atoms with Crippen molar-refractivity contribution in [2.75, 3.05) is 12.8 Å². The Kier molecular flexibility index (Phi) is 3.40. The summed E-state index contributed by atoms with van der Waals surface area (Å²) < 4.78 is 5.84. The number of esters is 1. The van der Waals surface area contributed by atoms with Gasteiger partial charge in [0.05, 0.1) is 29.0 Å². The molecule has 0 bridgehead atoms. The van der Waals surface area contributed by atoms with E-state index < -0.39 is 5.97 Å². The molecule has 6 nitrogen and oxygen atoms in total. The van der Waals surface area contributed by atoms with Crippen molar-refractivity contribution in [1.82, 2.24) is 14.8 Å². The Bertz CT molecular complexity index is 612. The molecule has 0 fully saturated rings. The molecule has 0 amide bonds. The number of nitrogens with two attached hydrogens (primary N) is 1. The summed E-state index contributed by atoms with van der Waals surface area (Å²) in [6.45, 7) is 0. The molecule has 0 aliphatic rings. The molecule has 0 spiro atoms. The second kappa shape index (κ2) is 4.83. The number of pyridine rings is 1. The standard InChI is InChI=1S/C10H8Cl2N4O2/c1-18-10(17)8-7(13)4-16(15-8)9-6(12)2-5(11)3-14-9/h2-4H,13H2,1H3. The van der Waals surface area contributed by atoms with Gasteiger partial charge in [-0.1, -0.05) is 23.2 Å². The highest BCUT2D eigenvalue weighted by Gasteiger charge is 2.17. The van der Waals surface area contributed by atoms with Crippen LogP contribution in [0.4, 0.5) is 5.69 Å². The van der Waals surface area contributed by atoms with Crippen LogP contribution in [-0.2, 0) is 4.74 Å². The van der Waals surface area contributed by atoms with Gasteiger partial charge in [0.2, 0.25) is 0 Å². The molecule has 94 valence electrons. The van der Waals surface area contributed by atoms with Gasteiger partial charge in [0.1, 0.15) is 0 Å². The number of anilines is 1. The lowest BCUT2D eigenvalue weighted by Crippen LogP contribution is -2.06. The van der Waals surface area contributed by atoms with E-state index in [1.54, 1.807) is 0 Å². The van der Waals surface area contributed by atoms with Crippen LogP contribution in [0.5, 0.6) is 0 Å². The molecule has 0 radical (unpaired) electrons. The minimum Gasteiger partial charge on any atom is -0.464 e. The van der Waals surface area contributed by atoms with Crippen LogP contribution in [0.1, 0.15) is 10.5 Å². The first-order valence-electron chi connectivity index (χ1n) is 4.78. The molecule has 0 aliphatic heterocycles. The third-order valence-corrected chi connectivity index (χ3v) is 2.61. The molecule has 2 N–H and O–H groups in total. The van der Waals surface area contributed by atoms with E-state index in [4.69, 9.17) is 28.9 Å². The average molecular weight is 287 g/mol. The molecule has 0 atom stereocenters. The lowest BCUT2D eigenvalue weighted by atomic mass is 10.4. The van der Waals surface area contributed by atoms with E-state index in [0.717, 1.165) is 0 Å². The highest BCUT2D eigenvalue weighted by Crippen LogP contribution is 2.23. The van der Waals surface area contributed by atoms with E-state index in [2.05, 4.69) is 14.8 Å². The third-order valence-electron chi connectivity index (χ3n) is 2.13. The number of carbonyl (C=O) groups is 1. The van der Waals surface area contributed by atoms with Gasteiger partial charge in [0.25, 0.3) is 0 Å². The molecule has 18 heavy (non-hydrogen) atoms. The molecular formula is C10H8Cl2N4O2. The Morgan fingerprint density at radius 2 is 2.22 bits per heavy atom. The van der Waals surface area contributed by atoms with Gasteiger partial charge in [0, 0.05) is 6.20 Å². The minimum absolute atomic E-state index is 0.00492. The summed E-state index contributed by atoms with van der Waals surface area (Å²) in [4.78, 5) is 15.4. The molecule has 2 aromatic heterocycles. The summed E-state index contributed by atoms with van der Waals surface area (Å²) in [6.07, 6.45) is 2.84. The van der Waals surface area contributed by atoms with Crippen molar-refractivity contribution in [1.29, 1.82) is 0 Å². The van der Waals surface area contributed by atoms with E-state index >= 15 is 0 Å². The van der Waals surface area contributed by atoms with Gasteiger partial charge in [-0.2, -0.15) is 5.10 Å². The maximum absolute atomic E-state index is 11.4. The van der Waals surface area contributed by atoms with Gasteiger partial charge in [-0.3, -0.25) is 0 Å². The summed E-state index contributed by atoms with van der Waals surface area (Å²) >= 11 is 11.7. The summed E-state index contributed by atoms with van der Waals surface area (Å²) in [5, 5.41) is 4.66. The van der Waals surface area contributed by atoms with Crippen molar-refractivity contribution < 1.29 is 9.53 Å². The zero-order chi connectivity index (χ0) is 13.3. The van der Waals surface area contributed by atoms with E-state index in [1.165, 1.54) is 30.3 Å². The highest BCUT2D eigenvalue weighted by atomic mass is 35.5. The van der Waals surface area contributed by atoms with E-state index in [9.17, 15) is 4.79 Å². The van der Waals surface area contributed by atoms with E-state index in [0.29, 0.717) is 15.9 Å². The SMILES string of the molecule is COC(=O)c1nn(-c2ncc(Cl)cc2Cl)cc1N. The van der Waals surface area contributed by atoms with E-state index in [1.807, 2.05) is 0 Å². The van der Waals surface area contributed by atoms with Crippen LogP contribution in [0.15, 0.2) is 18.5 Å². The molecule has 2 aromatic rings. The molecule has 0 aliphatic carbocycles. The zero-order valence-corrected chi connectivity index (χ0v) is 10.7. The number of aromatic nitrogens is 3. The monoisotopic (exact) mass is 286 g/mol. The van der Waals surface area contributed by atoms with Crippen LogP contribution in [0.2, 0.25) is 10.0 Å². The lowest BCUT2D eigenvalue weighted by Gasteiger charge is -2.02. The molecular weight excluding hydrogens is 279 g/mol. The Hall–Kier alpha value is -1.79. The number of hydrogen-bond acceptors (Lipinski definition) is 5. The fourth-order valence-electron chi connectivity index (χ4n) is 1.33. The molecule has 8 heteroatoms. The number of rotatable bonds is 2. The second-order valence-electron chi connectivity index (χ2n) is 3.33. The van der Waals surface area contributed by atoms with Crippen molar-refractivity contribution in [2.24, 2.45) is 0 Å². The predicted octanol–water partition coefficient (Wildman–Crippen LogP) is 1.94. The first-order chi connectivity index (χ1) is 8.52. The number of carbonyl (C=O) groups excluding carboxylic acids is 1. The first kappa shape index (κ1) is 12.7. The van der Waals surface area contributed by atoms with Crippen molar-refractivity contribution in [3.05, 3.63) is 34.2 Å². The Morgan fingerprint density at radius 1 is 1.50 bits per heavy atom. The second-order valence-corrected chi connectivity index (χ2v) is 4.17. The van der Waals surface area contributed by atoms with Gasteiger partial charge in [-0.25, -0.2) is 14.5 Å². The maximum Gasteiger partial charge on any atom is 0.360 e. The Labute approximate surface area is 112 Å². The van der Waals surface area contributed by atoms with Crippen molar-refractivity contribution >= 4 is 34.9 Å². The molecule has 0 unspecified atom stereocenters. The summed E-state index contributed by atoms with van der Waals surface area (Å²) in [5.41, 5.74) is 5.83. The highest BCUT2D eigenvalue weighted by molar-refractivity contribution is 6.35. The number of methoxy groups -OCH3 is 1. The normalized spacial score (nSPS) is 10.4. The van der Waals surface area contributed by atoms with Gasteiger partial charge in [-0.05, 0) is 6.07 Å². The molecule has 2 heterocycles. The van der Waals surface area contributed by atoms with Crippen LogP contribution >= 0.6 is 23.2 Å². The fourth-order valence-corrected chi connectivity index (χ4v) is 1.79. The Morgan fingerprint density at radius 3 is 2.83 bits per heavy atom. The summed E-state index contributed by atoms with van der Waals surface area (Å²) in [5.74, 6) is -0.306. The van der Waals surface area contributed by atoms with Crippen LogP contribution in [-0.4, -0.2) is 27.8 Å². The maximum atomic E-state index is 11.4. The largest absolute Gasteiger partial charge is 0.464 e. The van der Waals surface area contributed by atoms with Crippen molar-refractivity contribution in [3.63, 3.8) is 0 Å². The number of halogens is 2. The molecule has 2 rings (SSSR count). The van der Waals surface area contributed by atoms with Gasteiger partial charge < -0.3 is 10.5 Å². The first-order valence-corrected chi connectivity index (χ1v) is 5.53. The third kappa shape index (κ3) is 2.25. The topological polar surface area (TPSA) is 83.0 Å². The van der Waals surface area contributed by atoms with Gasteiger partial charge in [-0.15, -0.1) is 0 Å². The van der Waals surface area contributed by atoms with Crippen LogP contribution in [0.25, 0.3) is 5.82 Å². The summed E-state index contributed by atoms with van der Waals surface area (Å²) in [7, 11) is 1.24. The zero-order valence-electron chi connectivity index (χ0n) is 9.22. The quantitative estimate of drug-likeness (QED) is 0.853. The lowest BCUT2D eigenvalue weighted by molar-refractivity contribution is 0.0594. The van der Waals surface area contributed by atoms with Crippen molar-refractivity contribution in [3.8, 4) is 5.82 Å². The fraction of sp³-hybridized carbons (Fsp3) is 0.100. The molecule has 0 saturated heterocycles. The average Bonchev–Trinajstić information content (AvgIpc) is 2.70. The smallest absolute Gasteiger partial charge is 0.360 e. The van der Waals surface area contributed by atoms with Crippen molar-refractivity contribution in [2.45, 2.75) is 0 Å². The van der Waals surface area contributed by atoms with Crippen LogP contribution in [0, 0.1) is 0 Å². The number of ether oxygens (including phenoxy) is 1. The van der Waals surface area contributed by atoms with Gasteiger partial charge >= 0.3 is 5.97 Å². The Balaban J connectivity index is 2.49. The summed E-state index contributed by atoms with van der Waals surface area (Å²) in [6, 6.07) is 1.52. The van der Waals surface area contributed by atoms with Crippen LogP contribution in [0.3, 0.4) is 0 Å². The minimum atomic E-state index is -0.628.